The van der Waals surface area contributed by atoms with Crippen molar-refractivity contribution in [1.82, 2.24) is 4.40 Å². The lowest BCUT2D eigenvalue weighted by Crippen LogP contribution is -2.04. The summed E-state index contributed by atoms with van der Waals surface area (Å²) in [5, 5.41) is 12.1. The van der Waals surface area contributed by atoms with Crippen LogP contribution in [-0.2, 0) is 0 Å². The van der Waals surface area contributed by atoms with Gasteiger partial charge in [0.2, 0.25) is 0 Å². The van der Waals surface area contributed by atoms with Gasteiger partial charge in [-0.3, -0.25) is 4.79 Å². The van der Waals surface area contributed by atoms with E-state index >= 15 is 0 Å². The molecule has 5 aromatic rings. The highest BCUT2D eigenvalue weighted by atomic mass is 79.9. The summed E-state index contributed by atoms with van der Waals surface area (Å²) in [5.74, 6) is 0.483. The summed E-state index contributed by atoms with van der Waals surface area (Å²) in [6.07, 6.45) is 3.84. The summed E-state index contributed by atoms with van der Waals surface area (Å²) in [6.45, 7) is 0. The Balaban J connectivity index is 1.94. The summed E-state index contributed by atoms with van der Waals surface area (Å²) in [5.41, 5.74) is 3.77. The highest BCUT2D eigenvalue weighted by molar-refractivity contribution is 9.10. The van der Waals surface area contributed by atoms with Crippen LogP contribution in [-0.4, -0.2) is 16.6 Å². The minimum Gasteiger partial charge on any atom is -0.506 e. The van der Waals surface area contributed by atoms with Crippen molar-refractivity contribution in [1.29, 1.82) is 0 Å². The number of hydrogen-bond donors (Lipinski definition) is 1. The van der Waals surface area contributed by atoms with E-state index in [-0.39, 0.29) is 11.2 Å². The molecule has 0 saturated carbocycles. The van der Waals surface area contributed by atoms with E-state index in [1.54, 1.807) is 7.11 Å². The zero-order valence-electron chi connectivity index (χ0n) is 15.5. The summed E-state index contributed by atoms with van der Waals surface area (Å²) >= 11 is 3.47. The van der Waals surface area contributed by atoms with Gasteiger partial charge in [0, 0.05) is 34.1 Å². The lowest BCUT2D eigenvalue weighted by atomic mass is 10.00. The number of aromatic hydroxyl groups is 1. The first-order valence-corrected chi connectivity index (χ1v) is 9.90. The number of pyridine rings is 1. The molecule has 29 heavy (non-hydrogen) atoms. The fraction of sp³-hybridized carbons (Fsp3) is 0.0417. The van der Waals surface area contributed by atoms with Crippen LogP contribution in [0.2, 0.25) is 0 Å². The first kappa shape index (κ1) is 17.8. The number of aromatic nitrogens is 1. The number of methoxy groups -OCH3 is 1. The van der Waals surface area contributed by atoms with E-state index in [0.717, 1.165) is 26.5 Å². The topological polar surface area (TPSA) is 50.9 Å². The van der Waals surface area contributed by atoms with E-state index in [4.69, 9.17) is 4.74 Å². The Bertz CT molecular complexity index is 1410. The van der Waals surface area contributed by atoms with Crippen molar-refractivity contribution in [2.75, 3.05) is 7.11 Å². The van der Waals surface area contributed by atoms with Gasteiger partial charge in [0.1, 0.15) is 11.5 Å². The minimum atomic E-state index is -0.268. The number of rotatable bonds is 3. The second-order valence-corrected chi connectivity index (χ2v) is 7.81. The Kier molecular flexibility index (Phi) is 4.07. The summed E-state index contributed by atoms with van der Waals surface area (Å²) in [4.78, 5) is 12.9. The molecule has 0 saturated heterocycles. The van der Waals surface area contributed by atoms with Crippen molar-refractivity contribution in [3.05, 3.63) is 87.8 Å². The Hall–Kier alpha value is -3.31. The third-order valence-corrected chi connectivity index (χ3v) is 5.77. The highest BCUT2D eigenvalue weighted by Gasteiger charge is 2.22. The van der Waals surface area contributed by atoms with Crippen LogP contribution in [0.1, 0.15) is 0 Å². The smallest absolute Gasteiger partial charge is 0.195 e. The lowest BCUT2D eigenvalue weighted by molar-refractivity contribution is 0.419. The number of nitrogens with zero attached hydrogens (tertiary/aromatic N) is 1. The van der Waals surface area contributed by atoms with Gasteiger partial charge in [-0.2, -0.15) is 0 Å². The molecule has 0 spiro atoms. The second-order valence-electron chi connectivity index (χ2n) is 6.89. The fourth-order valence-corrected chi connectivity index (χ4v) is 4.18. The maximum Gasteiger partial charge on any atom is 0.195 e. The molecule has 0 amide bonds. The molecule has 3 aromatic carbocycles. The van der Waals surface area contributed by atoms with Gasteiger partial charge in [0.05, 0.1) is 23.4 Å². The van der Waals surface area contributed by atoms with E-state index in [1.807, 2.05) is 71.4 Å². The average molecular weight is 446 g/mol. The lowest BCUT2D eigenvalue weighted by Gasteiger charge is -2.11. The molecule has 0 aliphatic heterocycles. The summed E-state index contributed by atoms with van der Waals surface area (Å²) < 4.78 is 8.44. The summed E-state index contributed by atoms with van der Waals surface area (Å²) in [7, 11) is 1.55. The molecule has 0 aliphatic rings. The average Bonchev–Trinajstić information content (AvgIpc) is 3.12. The third-order valence-electron chi connectivity index (χ3n) is 5.24. The predicted octanol–water partition coefficient (Wildman–Crippen LogP) is 5.70. The van der Waals surface area contributed by atoms with Crippen LogP contribution in [0, 0.1) is 0 Å². The largest absolute Gasteiger partial charge is 0.506 e. The van der Waals surface area contributed by atoms with Crippen LogP contribution in [0.3, 0.4) is 0 Å². The number of hydrogen-bond acceptors (Lipinski definition) is 3. The molecule has 142 valence electrons. The SMILES string of the molecule is COc1cc(=O)c2c(O)c(-c3ccccc3)cn3cc(-c4ccc(Br)cc4)c1c23. The summed E-state index contributed by atoms with van der Waals surface area (Å²) in [6, 6.07) is 19.0. The first-order valence-electron chi connectivity index (χ1n) is 9.11. The van der Waals surface area contributed by atoms with Crippen molar-refractivity contribution >= 4 is 32.2 Å². The van der Waals surface area contributed by atoms with Gasteiger partial charge in [-0.1, -0.05) is 58.4 Å². The second kappa shape index (κ2) is 6.64. The molecule has 0 unspecified atom stereocenters. The molecule has 5 heteroatoms. The molecule has 0 bridgehead atoms. The zero-order valence-corrected chi connectivity index (χ0v) is 17.1. The van der Waals surface area contributed by atoms with Gasteiger partial charge < -0.3 is 14.2 Å². The molecular formula is C24H16BrNO3. The van der Waals surface area contributed by atoms with Crippen molar-refractivity contribution < 1.29 is 9.84 Å². The third kappa shape index (κ3) is 2.69. The molecule has 4 nitrogen and oxygen atoms in total. The maximum absolute atomic E-state index is 12.9. The van der Waals surface area contributed by atoms with Crippen molar-refractivity contribution in [3.8, 4) is 33.8 Å². The molecule has 1 N–H and O–H groups in total. The zero-order chi connectivity index (χ0) is 20.1. The minimum absolute atomic E-state index is 0.0122. The van der Waals surface area contributed by atoms with Crippen molar-refractivity contribution in [2.24, 2.45) is 0 Å². The van der Waals surface area contributed by atoms with Gasteiger partial charge in [-0.25, -0.2) is 0 Å². The number of halogens is 1. The van der Waals surface area contributed by atoms with Gasteiger partial charge in [0.15, 0.2) is 5.43 Å². The van der Waals surface area contributed by atoms with Crippen LogP contribution >= 0.6 is 15.9 Å². The van der Waals surface area contributed by atoms with Gasteiger partial charge in [-0.15, -0.1) is 0 Å². The molecule has 5 rings (SSSR count). The standard InChI is InChI=1S/C24H16BrNO3/c1-29-20-11-19(27)22-23-21(20)17(15-7-9-16(25)10-8-15)12-26(23)13-18(24(22)28)14-5-3-2-4-6-14/h2-13,28H,1H3. The Morgan fingerprint density at radius 2 is 1.55 bits per heavy atom. The molecule has 0 aliphatic carbocycles. The van der Waals surface area contributed by atoms with E-state index in [1.165, 1.54) is 6.07 Å². The van der Waals surface area contributed by atoms with E-state index in [0.29, 0.717) is 22.2 Å². The Morgan fingerprint density at radius 1 is 0.897 bits per heavy atom. The highest BCUT2D eigenvalue weighted by Crippen LogP contribution is 2.43. The van der Waals surface area contributed by atoms with Crippen molar-refractivity contribution in [3.63, 3.8) is 0 Å². The molecule has 0 atom stereocenters. The maximum atomic E-state index is 12.9. The van der Waals surface area contributed by atoms with E-state index in [9.17, 15) is 9.90 Å². The Morgan fingerprint density at radius 3 is 2.24 bits per heavy atom. The van der Waals surface area contributed by atoms with Crippen LogP contribution in [0.4, 0.5) is 0 Å². The molecule has 2 heterocycles. The number of ether oxygens (including phenoxy) is 1. The van der Waals surface area contributed by atoms with Crippen LogP contribution < -0.4 is 10.2 Å². The molecule has 0 fully saturated rings. The van der Waals surface area contributed by atoms with Gasteiger partial charge in [0.25, 0.3) is 0 Å². The molecular weight excluding hydrogens is 430 g/mol. The van der Waals surface area contributed by atoms with Gasteiger partial charge in [-0.05, 0) is 23.3 Å². The first-order chi connectivity index (χ1) is 14.1. The quantitative estimate of drug-likeness (QED) is 0.387. The monoisotopic (exact) mass is 445 g/mol. The van der Waals surface area contributed by atoms with Gasteiger partial charge >= 0.3 is 0 Å². The number of benzene rings is 3. The molecule has 2 aromatic heterocycles. The Labute approximate surface area is 175 Å². The molecule has 0 radical (unpaired) electrons. The normalized spacial score (nSPS) is 11.4. The predicted molar refractivity (Wildman–Crippen MR) is 119 cm³/mol. The van der Waals surface area contributed by atoms with E-state index < -0.39 is 0 Å². The van der Waals surface area contributed by atoms with E-state index in [2.05, 4.69) is 15.9 Å². The van der Waals surface area contributed by atoms with Crippen molar-refractivity contribution in [2.45, 2.75) is 0 Å². The van der Waals surface area contributed by atoms with Crippen LogP contribution in [0.5, 0.6) is 11.5 Å². The van der Waals surface area contributed by atoms with Crippen LogP contribution in [0.25, 0.3) is 38.5 Å². The fourth-order valence-electron chi connectivity index (χ4n) is 3.91. The van der Waals surface area contributed by atoms with Crippen LogP contribution in [0.15, 0.2) is 82.3 Å².